The van der Waals surface area contributed by atoms with Crippen LogP contribution in [0.4, 0.5) is 11.5 Å². The standard InChI is InChI=1S/C20H23N3OS/c1-13(2)18-11-15-19(21-12-22-20(15)25-18)23-16-9-5-6-10-17(16)24-14-7-3-4-8-14/h5-6,9-14H,3-4,7-8H2,1-2H3,(H,21,22,23). The first-order valence-electron chi connectivity index (χ1n) is 8.98. The van der Waals surface area contributed by atoms with Crippen LogP contribution in [0.15, 0.2) is 36.7 Å². The number of hydrogen-bond acceptors (Lipinski definition) is 5. The van der Waals surface area contributed by atoms with E-state index in [0.29, 0.717) is 12.0 Å². The Hall–Kier alpha value is -2.14. The molecule has 1 aromatic carbocycles. The SMILES string of the molecule is CC(C)c1cc2c(Nc3ccccc3OC3CCCC3)ncnc2s1. The van der Waals surface area contributed by atoms with Gasteiger partial charge in [-0.25, -0.2) is 9.97 Å². The van der Waals surface area contributed by atoms with Gasteiger partial charge in [-0.2, -0.15) is 0 Å². The maximum absolute atomic E-state index is 6.23. The monoisotopic (exact) mass is 353 g/mol. The molecule has 4 nitrogen and oxygen atoms in total. The van der Waals surface area contributed by atoms with E-state index in [1.165, 1.54) is 17.7 Å². The summed E-state index contributed by atoms with van der Waals surface area (Å²) in [5.74, 6) is 2.24. The number of rotatable bonds is 5. The summed E-state index contributed by atoms with van der Waals surface area (Å²) >= 11 is 1.74. The van der Waals surface area contributed by atoms with Crippen molar-refractivity contribution in [3.63, 3.8) is 0 Å². The van der Waals surface area contributed by atoms with E-state index in [2.05, 4.69) is 35.2 Å². The molecule has 5 heteroatoms. The molecule has 0 aliphatic heterocycles. The second-order valence-corrected chi connectivity index (χ2v) is 7.95. The molecule has 0 spiro atoms. The van der Waals surface area contributed by atoms with Crippen LogP contribution in [0.3, 0.4) is 0 Å². The average Bonchev–Trinajstić information content (AvgIpc) is 3.26. The Balaban J connectivity index is 1.65. The summed E-state index contributed by atoms with van der Waals surface area (Å²) in [6.45, 7) is 4.41. The zero-order valence-electron chi connectivity index (χ0n) is 14.7. The maximum Gasteiger partial charge on any atom is 0.143 e. The predicted molar refractivity (Wildman–Crippen MR) is 104 cm³/mol. The molecule has 1 N–H and O–H groups in total. The second kappa shape index (κ2) is 7.00. The molecule has 0 saturated heterocycles. The number of hydrogen-bond donors (Lipinski definition) is 1. The van der Waals surface area contributed by atoms with Gasteiger partial charge in [-0.1, -0.05) is 26.0 Å². The maximum atomic E-state index is 6.23. The average molecular weight is 353 g/mol. The zero-order chi connectivity index (χ0) is 17.2. The molecule has 2 heterocycles. The summed E-state index contributed by atoms with van der Waals surface area (Å²) < 4.78 is 6.23. The van der Waals surface area contributed by atoms with Crippen molar-refractivity contribution in [3.8, 4) is 5.75 Å². The molecule has 0 radical (unpaired) electrons. The van der Waals surface area contributed by atoms with Crippen molar-refractivity contribution in [1.29, 1.82) is 0 Å². The summed E-state index contributed by atoms with van der Waals surface area (Å²) in [5, 5.41) is 4.55. The fourth-order valence-corrected chi connectivity index (χ4v) is 4.25. The smallest absolute Gasteiger partial charge is 0.143 e. The number of anilines is 2. The number of para-hydroxylation sites is 2. The highest BCUT2D eigenvalue weighted by Gasteiger charge is 2.18. The van der Waals surface area contributed by atoms with Gasteiger partial charge in [0.05, 0.1) is 17.2 Å². The van der Waals surface area contributed by atoms with Crippen molar-refractivity contribution in [2.45, 2.75) is 51.6 Å². The number of fused-ring (bicyclic) bond motifs is 1. The largest absolute Gasteiger partial charge is 0.488 e. The Bertz CT molecular complexity index is 868. The van der Waals surface area contributed by atoms with Crippen molar-refractivity contribution in [2.24, 2.45) is 0 Å². The van der Waals surface area contributed by atoms with Gasteiger partial charge < -0.3 is 10.1 Å². The van der Waals surface area contributed by atoms with Crippen molar-refractivity contribution in [1.82, 2.24) is 9.97 Å². The number of ether oxygens (including phenoxy) is 1. The van der Waals surface area contributed by atoms with E-state index in [1.807, 2.05) is 24.3 Å². The van der Waals surface area contributed by atoms with E-state index in [9.17, 15) is 0 Å². The Morgan fingerprint density at radius 1 is 1.16 bits per heavy atom. The molecule has 1 aliphatic rings. The number of benzene rings is 1. The van der Waals surface area contributed by atoms with E-state index in [-0.39, 0.29) is 0 Å². The minimum Gasteiger partial charge on any atom is -0.488 e. The van der Waals surface area contributed by atoms with Crippen LogP contribution in [0.5, 0.6) is 5.75 Å². The summed E-state index contributed by atoms with van der Waals surface area (Å²) in [5.41, 5.74) is 0.965. The minimum absolute atomic E-state index is 0.335. The normalized spacial score (nSPS) is 15.2. The van der Waals surface area contributed by atoms with Gasteiger partial charge in [0.25, 0.3) is 0 Å². The van der Waals surface area contributed by atoms with E-state index < -0.39 is 0 Å². The highest BCUT2D eigenvalue weighted by atomic mass is 32.1. The van der Waals surface area contributed by atoms with Gasteiger partial charge in [-0.3, -0.25) is 0 Å². The highest BCUT2D eigenvalue weighted by molar-refractivity contribution is 7.18. The molecule has 4 rings (SSSR count). The predicted octanol–water partition coefficient (Wildman–Crippen LogP) is 5.88. The third-order valence-electron chi connectivity index (χ3n) is 4.65. The van der Waals surface area contributed by atoms with Crippen molar-refractivity contribution in [3.05, 3.63) is 41.5 Å². The summed E-state index contributed by atoms with van der Waals surface area (Å²) in [7, 11) is 0. The van der Waals surface area contributed by atoms with Gasteiger partial charge >= 0.3 is 0 Å². The number of aromatic nitrogens is 2. The topological polar surface area (TPSA) is 47.0 Å². The Labute approximate surface area is 152 Å². The molecule has 25 heavy (non-hydrogen) atoms. The fourth-order valence-electron chi connectivity index (χ4n) is 3.24. The molecule has 0 atom stereocenters. The lowest BCUT2D eigenvalue weighted by atomic mass is 10.1. The van der Waals surface area contributed by atoms with Gasteiger partial charge in [-0.05, 0) is 49.8 Å². The van der Waals surface area contributed by atoms with E-state index in [1.54, 1.807) is 17.7 Å². The lowest BCUT2D eigenvalue weighted by molar-refractivity contribution is 0.211. The first-order valence-corrected chi connectivity index (χ1v) is 9.79. The summed E-state index contributed by atoms with van der Waals surface area (Å²) in [4.78, 5) is 11.3. The third-order valence-corrected chi connectivity index (χ3v) is 6.00. The van der Waals surface area contributed by atoms with Gasteiger partial charge in [0.15, 0.2) is 0 Å². The van der Waals surface area contributed by atoms with Crippen molar-refractivity contribution in [2.75, 3.05) is 5.32 Å². The van der Waals surface area contributed by atoms with Crippen LogP contribution >= 0.6 is 11.3 Å². The van der Waals surface area contributed by atoms with E-state index in [0.717, 1.165) is 40.3 Å². The fraction of sp³-hybridized carbons (Fsp3) is 0.400. The van der Waals surface area contributed by atoms with Crippen LogP contribution in [0.1, 0.15) is 50.3 Å². The third kappa shape index (κ3) is 3.47. The summed E-state index contributed by atoms with van der Waals surface area (Å²) in [6.07, 6.45) is 6.79. The van der Waals surface area contributed by atoms with Gasteiger partial charge in [0, 0.05) is 4.88 Å². The van der Waals surface area contributed by atoms with E-state index in [4.69, 9.17) is 4.74 Å². The van der Waals surface area contributed by atoms with Crippen LogP contribution < -0.4 is 10.1 Å². The lowest BCUT2D eigenvalue weighted by Crippen LogP contribution is -2.12. The van der Waals surface area contributed by atoms with E-state index >= 15 is 0 Å². The molecular weight excluding hydrogens is 330 g/mol. The molecule has 1 aliphatic carbocycles. The van der Waals surface area contributed by atoms with Crippen LogP contribution in [-0.4, -0.2) is 16.1 Å². The summed E-state index contributed by atoms with van der Waals surface area (Å²) in [6, 6.07) is 10.3. The number of nitrogens with zero attached hydrogens (tertiary/aromatic N) is 2. The Kier molecular flexibility index (Phi) is 4.57. The van der Waals surface area contributed by atoms with Gasteiger partial charge in [0.2, 0.25) is 0 Å². The number of thiophene rings is 1. The first kappa shape index (κ1) is 16.3. The van der Waals surface area contributed by atoms with Crippen LogP contribution in [-0.2, 0) is 0 Å². The first-order chi connectivity index (χ1) is 12.2. The van der Waals surface area contributed by atoms with Crippen molar-refractivity contribution >= 4 is 33.1 Å². The van der Waals surface area contributed by atoms with Crippen LogP contribution in [0, 0.1) is 0 Å². The quantitative estimate of drug-likeness (QED) is 0.622. The Morgan fingerprint density at radius 2 is 1.96 bits per heavy atom. The second-order valence-electron chi connectivity index (χ2n) is 6.89. The molecule has 0 unspecified atom stereocenters. The zero-order valence-corrected chi connectivity index (χ0v) is 15.5. The molecule has 130 valence electrons. The van der Waals surface area contributed by atoms with Crippen LogP contribution in [0.25, 0.3) is 10.2 Å². The minimum atomic E-state index is 0.335. The number of nitrogens with one attached hydrogen (secondary N) is 1. The molecule has 2 aromatic heterocycles. The van der Waals surface area contributed by atoms with Crippen LogP contribution in [0.2, 0.25) is 0 Å². The molecular formula is C20H23N3OS. The highest BCUT2D eigenvalue weighted by Crippen LogP contribution is 2.36. The lowest BCUT2D eigenvalue weighted by Gasteiger charge is -2.17. The molecule has 1 saturated carbocycles. The van der Waals surface area contributed by atoms with Gasteiger partial charge in [-0.15, -0.1) is 11.3 Å². The molecule has 0 bridgehead atoms. The molecule has 1 fully saturated rings. The molecule has 0 amide bonds. The Morgan fingerprint density at radius 3 is 2.76 bits per heavy atom. The van der Waals surface area contributed by atoms with Crippen molar-refractivity contribution < 1.29 is 4.74 Å². The van der Waals surface area contributed by atoms with Gasteiger partial charge in [0.1, 0.15) is 22.7 Å². The molecule has 3 aromatic rings.